The molecular weight excluding hydrogens is 378 g/mol. The van der Waals surface area contributed by atoms with Crippen LogP contribution in [0.2, 0.25) is 0 Å². The van der Waals surface area contributed by atoms with Gasteiger partial charge in [0, 0.05) is 17.2 Å². The van der Waals surface area contributed by atoms with Crippen molar-refractivity contribution in [2.45, 2.75) is 6.92 Å². The average Bonchev–Trinajstić information content (AvgIpc) is 2.70. The molecule has 2 rings (SSSR count). The van der Waals surface area contributed by atoms with E-state index in [9.17, 15) is 9.59 Å². The molecule has 0 saturated carbocycles. The highest BCUT2D eigenvalue weighted by Gasteiger charge is 2.15. The summed E-state index contributed by atoms with van der Waals surface area (Å²) < 4.78 is 21.0. The van der Waals surface area contributed by atoms with Gasteiger partial charge >= 0.3 is 5.97 Å². The highest BCUT2D eigenvalue weighted by molar-refractivity contribution is 6.07. The molecule has 0 spiro atoms. The highest BCUT2D eigenvalue weighted by atomic mass is 16.5. The van der Waals surface area contributed by atoms with Crippen LogP contribution in [0.5, 0.6) is 23.0 Å². The minimum Gasteiger partial charge on any atom is -0.496 e. The number of rotatable bonds is 9. The number of allylic oxidation sites excluding steroid dienone is 1. The number of anilines is 1. The fourth-order valence-electron chi connectivity index (χ4n) is 2.70. The molecule has 8 heteroatoms. The quantitative estimate of drug-likeness (QED) is 0.374. The SMILES string of the molecule is COc1cc(OC)c(/C=C/C(=O)c2cc(C)c(OCC(=O)O)c(OC)c2)cc1N. The second-order valence-electron chi connectivity index (χ2n) is 6.04. The van der Waals surface area contributed by atoms with Crippen LogP contribution in [0, 0.1) is 6.92 Å². The molecule has 0 saturated heterocycles. The topological polar surface area (TPSA) is 117 Å². The Bertz CT molecular complexity index is 951. The number of carboxylic acid groups (broad SMARTS) is 1. The molecule has 2 aromatic rings. The van der Waals surface area contributed by atoms with E-state index in [0.717, 1.165) is 0 Å². The maximum atomic E-state index is 12.6. The first kappa shape index (κ1) is 21.6. The third-order valence-corrected chi connectivity index (χ3v) is 4.08. The summed E-state index contributed by atoms with van der Waals surface area (Å²) in [6, 6.07) is 6.39. The van der Waals surface area contributed by atoms with Crippen molar-refractivity contribution in [3.63, 3.8) is 0 Å². The molecule has 0 aliphatic carbocycles. The van der Waals surface area contributed by atoms with Crippen molar-refractivity contribution in [1.29, 1.82) is 0 Å². The van der Waals surface area contributed by atoms with Crippen LogP contribution in [0.25, 0.3) is 6.08 Å². The third-order valence-electron chi connectivity index (χ3n) is 4.08. The molecule has 8 nitrogen and oxygen atoms in total. The molecule has 0 heterocycles. The molecule has 0 radical (unpaired) electrons. The second kappa shape index (κ2) is 9.50. The van der Waals surface area contributed by atoms with Gasteiger partial charge in [-0.1, -0.05) is 0 Å². The Hall–Kier alpha value is -3.68. The first-order valence-corrected chi connectivity index (χ1v) is 8.57. The maximum absolute atomic E-state index is 12.6. The van der Waals surface area contributed by atoms with Gasteiger partial charge in [0.25, 0.3) is 0 Å². The number of benzene rings is 2. The van der Waals surface area contributed by atoms with Crippen LogP contribution < -0.4 is 24.7 Å². The molecule has 29 heavy (non-hydrogen) atoms. The lowest BCUT2D eigenvalue weighted by Crippen LogP contribution is -2.11. The lowest BCUT2D eigenvalue weighted by Gasteiger charge is -2.13. The van der Waals surface area contributed by atoms with Crippen LogP contribution in [-0.4, -0.2) is 44.8 Å². The number of carboxylic acids is 1. The lowest BCUT2D eigenvalue weighted by molar-refractivity contribution is -0.139. The largest absolute Gasteiger partial charge is 0.496 e. The van der Waals surface area contributed by atoms with Gasteiger partial charge in [0.2, 0.25) is 0 Å². The van der Waals surface area contributed by atoms with Gasteiger partial charge in [-0.3, -0.25) is 4.79 Å². The number of aryl methyl sites for hydroxylation is 1. The van der Waals surface area contributed by atoms with Crippen LogP contribution in [-0.2, 0) is 4.79 Å². The van der Waals surface area contributed by atoms with Gasteiger partial charge in [-0.25, -0.2) is 4.79 Å². The number of nitrogens with two attached hydrogens (primary N) is 1. The van der Waals surface area contributed by atoms with E-state index < -0.39 is 12.6 Å². The molecule has 0 fully saturated rings. The van der Waals surface area contributed by atoms with Gasteiger partial charge in [-0.15, -0.1) is 0 Å². The molecule has 0 aromatic heterocycles. The molecule has 0 atom stereocenters. The van der Waals surface area contributed by atoms with E-state index in [1.807, 2.05) is 0 Å². The minimum atomic E-state index is -1.11. The normalized spacial score (nSPS) is 10.6. The number of ether oxygens (including phenoxy) is 4. The Balaban J connectivity index is 2.32. The minimum absolute atomic E-state index is 0.272. The van der Waals surface area contributed by atoms with Crippen molar-refractivity contribution < 1.29 is 33.6 Å². The summed E-state index contributed by atoms with van der Waals surface area (Å²) in [6.07, 6.45) is 2.98. The van der Waals surface area contributed by atoms with Crippen LogP contribution in [0.4, 0.5) is 5.69 Å². The Morgan fingerprint density at radius 2 is 1.66 bits per heavy atom. The lowest BCUT2D eigenvalue weighted by atomic mass is 10.0. The fraction of sp³-hybridized carbons (Fsp3) is 0.238. The predicted molar refractivity (Wildman–Crippen MR) is 108 cm³/mol. The maximum Gasteiger partial charge on any atom is 0.341 e. The van der Waals surface area contributed by atoms with Gasteiger partial charge in [-0.05, 0) is 42.8 Å². The predicted octanol–water partition coefficient (Wildman–Crippen LogP) is 2.96. The zero-order valence-corrected chi connectivity index (χ0v) is 16.6. The van der Waals surface area contributed by atoms with Gasteiger partial charge in [0.05, 0.1) is 27.0 Å². The van der Waals surface area contributed by atoms with E-state index in [2.05, 4.69) is 0 Å². The van der Waals surface area contributed by atoms with Crippen molar-refractivity contribution in [2.24, 2.45) is 0 Å². The molecule has 0 unspecified atom stereocenters. The summed E-state index contributed by atoms with van der Waals surface area (Å²) in [7, 11) is 4.43. The standard InChI is InChI=1S/C21H23NO7/c1-12-7-14(9-19(28-4)21(12)29-11-20(24)25)16(23)6-5-13-8-15(22)18(27-3)10-17(13)26-2/h5-10H,11,22H2,1-4H3,(H,24,25)/b6-5+. The van der Waals surface area contributed by atoms with E-state index >= 15 is 0 Å². The Morgan fingerprint density at radius 1 is 1.00 bits per heavy atom. The first-order chi connectivity index (χ1) is 13.8. The number of hydrogen-bond acceptors (Lipinski definition) is 7. The van der Waals surface area contributed by atoms with Crippen LogP contribution in [0.1, 0.15) is 21.5 Å². The highest BCUT2D eigenvalue weighted by Crippen LogP contribution is 2.34. The van der Waals surface area contributed by atoms with Gasteiger partial charge in [-0.2, -0.15) is 0 Å². The molecule has 154 valence electrons. The van der Waals surface area contributed by atoms with E-state index in [4.69, 9.17) is 29.8 Å². The molecule has 3 N–H and O–H groups in total. The second-order valence-corrected chi connectivity index (χ2v) is 6.04. The number of hydrogen-bond donors (Lipinski definition) is 2. The molecular formula is C21H23NO7. The van der Waals surface area contributed by atoms with E-state index in [-0.39, 0.29) is 17.3 Å². The summed E-state index contributed by atoms with van der Waals surface area (Å²) in [5.41, 5.74) is 7.89. The van der Waals surface area contributed by atoms with E-state index in [1.165, 1.54) is 33.5 Å². The van der Waals surface area contributed by atoms with Crippen LogP contribution in [0.15, 0.2) is 30.3 Å². The Labute approximate surface area is 168 Å². The van der Waals surface area contributed by atoms with Crippen molar-refractivity contribution >= 4 is 23.5 Å². The van der Waals surface area contributed by atoms with Gasteiger partial charge in [0.15, 0.2) is 23.9 Å². The molecule has 0 aliphatic heterocycles. The summed E-state index contributed by atoms with van der Waals surface area (Å²) in [6.45, 7) is 1.19. The Kier molecular flexibility index (Phi) is 7.08. The third kappa shape index (κ3) is 5.19. The van der Waals surface area contributed by atoms with Crippen LogP contribution in [0.3, 0.4) is 0 Å². The number of ketones is 1. The van der Waals surface area contributed by atoms with Gasteiger partial charge in [0.1, 0.15) is 11.5 Å². The van der Waals surface area contributed by atoms with E-state index in [0.29, 0.717) is 33.9 Å². The molecule has 0 bridgehead atoms. The zero-order chi connectivity index (χ0) is 21.6. The summed E-state index contributed by atoms with van der Waals surface area (Å²) in [5.74, 6) is 0.137. The number of carbonyl (C=O) groups is 2. The van der Waals surface area contributed by atoms with Crippen molar-refractivity contribution in [3.8, 4) is 23.0 Å². The molecule has 0 aliphatic rings. The van der Waals surface area contributed by atoms with E-state index in [1.54, 1.807) is 31.2 Å². The average molecular weight is 401 g/mol. The number of nitrogen functional groups attached to an aromatic ring is 1. The molecule has 0 amide bonds. The molecule has 2 aromatic carbocycles. The summed E-state index contributed by atoms with van der Waals surface area (Å²) >= 11 is 0. The Morgan fingerprint density at radius 3 is 2.24 bits per heavy atom. The first-order valence-electron chi connectivity index (χ1n) is 8.57. The zero-order valence-electron chi connectivity index (χ0n) is 16.6. The smallest absolute Gasteiger partial charge is 0.341 e. The number of methoxy groups -OCH3 is 3. The van der Waals surface area contributed by atoms with Crippen molar-refractivity contribution in [1.82, 2.24) is 0 Å². The fourth-order valence-corrected chi connectivity index (χ4v) is 2.70. The monoisotopic (exact) mass is 401 g/mol. The summed E-state index contributed by atoms with van der Waals surface area (Å²) in [4.78, 5) is 23.4. The van der Waals surface area contributed by atoms with Gasteiger partial charge < -0.3 is 29.8 Å². The van der Waals surface area contributed by atoms with Crippen molar-refractivity contribution in [2.75, 3.05) is 33.7 Å². The van der Waals surface area contributed by atoms with Crippen LogP contribution >= 0.6 is 0 Å². The number of carbonyl (C=O) groups excluding carboxylic acids is 1. The van der Waals surface area contributed by atoms with Crippen molar-refractivity contribution in [3.05, 3.63) is 47.0 Å². The number of aliphatic carboxylic acids is 1. The summed E-state index contributed by atoms with van der Waals surface area (Å²) in [5, 5.41) is 8.79.